The van der Waals surface area contributed by atoms with E-state index in [9.17, 15) is 4.79 Å². The summed E-state index contributed by atoms with van der Waals surface area (Å²) < 4.78 is 0. The van der Waals surface area contributed by atoms with Crippen molar-refractivity contribution in [1.82, 2.24) is 14.7 Å². The molecule has 4 heteroatoms. The van der Waals surface area contributed by atoms with Crippen LogP contribution < -0.4 is 0 Å². The van der Waals surface area contributed by atoms with Gasteiger partial charge in [-0.1, -0.05) is 0 Å². The summed E-state index contributed by atoms with van der Waals surface area (Å²) in [5.74, 6) is 0.241. The molecule has 0 aromatic rings. The van der Waals surface area contributed by atoms with Crippen LogP contribution in [0.25, 0.3) is 0 Å². The van der Waals surface area contributed by atoms with Crippen LogP contribution in [0.2, 0.25) is 0 Å². The van der Waals surface area contributed by atoms with E-state index in [2.05, 4.69) is 23.6 Å². The summed E-state index contributed by atoms with van der Waals surface area (Å²) in [6, 6.07) is 0.615. The molecule has 0 spiro atoms. The number of hydrogen-bond acceptors (Lipinski definition) is 3. The Hall–Kier alpha value is -0.610. The predicted octanol–water partition coefficient (Wildman–Crippen LogP) is 0.881. The van der Waals surface area contributed by atoms with Gasteiger partial charge in [-0.15, -0.1) is 0 Å². The van der Waals surface area contributed by atoms with Crippen molar-refractivity contribution in [3.05, 3.63) is 0 Å². The maximum atomic E-state index is 11.8. The lowest BCUT2D eigenvalue weighted by Gasteiger charge is -2.25. The van der Waals surface area contributed by atoms with Gasteiger partial charge in [-0.3, -0.25) is 14.6 Å². The van der Waals surface area contributed by atoms with Gasteiger partial charge in [0.1, 0.15) is 0 Å². The van der Waals surface area contributed by atoms with Crippen LogP contribution >= 0.6 is 0 Å². The average molecular weight is 241 g/mol. The van der Waals surface area contributed by atoms with Crippen LogP contribution in [0.15, 0.2) is 0 Å². The van der Waals surface area contributed by atoms with Crippen molar-refractivity contribution in [2.24, 2.45) is 0 Å². The van der Waals surface area contributed by atoms with Crippen molar-refractivity contribution in [2.45, 2.75) is 33.2 Å². The lowest BCUT2D eigenvalue weighted by atomic mass is 10.3. The largest absolute Gasteiger partial charge is 0.345 e. The predicted molar refractivity (Wildman–Crippen MR) is 71.1 cm³/mol. The van der Waals surface area contributed by atoms with E-state index in [1.54, 1.807) is 4.90 Å². The standard InChI is InChI=1S/C13H27N3O/c1-5-14(4)13(17)11-15-7-6-8-16(10-9-15)12(2)3/h12H,5-11H2,1-4H3. The van der Waals surface area contributed by atoms with Gasteiger partial charge in [0.25, 0.3) is 0 Å². The molecule has 0 aliphatic carbocycles. The molecule has 1 aliphatic rings. The molecule has 1 aliphatic heterocycles. The lowest BCUT2D eigenvalue weighted by Crippen LogP contribution is -2.40. The highest BCUT2D eigenvalue weighted by Crippen LogP contribution is 2.06. The zero-order chi connectivity index (χ0) is 12.8. The monoisotopic (exact) mass is 241 g/mol. The molecule has 0 N–H and O–H groups in total. The number of likely N-dealkylation sites (N-methyl/N-ethyl adjacent to an activating group) is 1. The molecule has 0 aromatic carbocycles. The molecule has 17 heavy (non-hydrogen) atoms. The maximum absolute atomic E-state index is 11.8. The Morgan fingerprint density at radius 2 is 1.94 bits per heavy atom. The maximum Gasteiger partial charge on any atom is 0.236 e. The first kappa shape index (κ1) is 14.5. The number of carbonyl (C=O) groups is 1. The second-order valence-electron chi connectivity index (χ2n) is 5.17. The summed E-state index contributed by atoms with van der Waals surface area (Å²) in [6.45, 7) is 12.2. The van der Waals surface area contributed by atoms with Gasteiger partial charge in [-0.25, -0.2) is 0 Å². The highest BCUT2D eigenvalue weighted by atomic mass is 16.2. The number of nitrogens with zero attached hydrogens (tertiary/aromatic N) is 3. The quantitative estimate of drug-likeness (QED) is 0.731. The molecular weight excluding hydrogens is 214 g/mol. The molecule has 1 amide bonds. The third-order valence-corrected chi connectivity index (χ3v) is 3.61. The normalized spacial score (nSPS) is 19.4. The van der Waals surface area contributed by atoms with Gasteiger partial charge in [0.05, 0.1) is 6.54 Å². The molecule has 1 rings (SSSR count). The first-order valence-electron chi connectivity index (χ1n) is 6.75. The fraction of sp³-hybridized carbons (Fsp3) is 0.923. The van der Waals surface area contributed by atoms with Crippen molar-refractivity contribution in [3.8, 4) is 0 Å². The molecule has 1 fully saturated rings. The summed E-state index contributed by atoms with van der Waals surface area (Å²) in [5.41, 5.74) is 0. The van der Waals surface area contributed by atoms with Crippen LogP contribution in [0.3, 0.4) is 0 Å². The Morgan fingerprint density at radius 1 is 1.24 bits per heavy atom. The van der Waals surface area contributed by atoms with E-state index in [1.807, 2.05) is 14.0 Å². The third kappa shape index (κ3) is 4.64. The molecule has 0 radical (unpaired) electrons. The van der Waals surface area contributed by atoms with E-state index in [-0.39, 0.29) is 5.91 Å². The van der Waals surface area contributed by atoms with Crippen LogP contribution in [-0.2, 0) is 4.79 Å². The average Bonchev–Trinajstić information content (AvgIpc) is 2.53. The zero-order valence-corrected chi connectivity index (χ0v) is 11.8. The summed E-state index contributed by atoms with van der Waals surface area (Å²) in [5, 5.41) is 0. The number of hydrogen-bond donors (Lipinski definition) is 0. The van der Waals surface area contributed by atoms with Gasteiger partial charge >= 0.3 is 0 Å². The highest BCUT2D eigenvalue weighted by molar-refractivity contribution is 5.77. The topological polar surface area (TPSA) is 26.8 Å². The second kappa shape index (κ2) is 6.97. The minimum atomic E-state index is 0.241. The Morgan fingerprint density at radius 3 is 2.53 bits per heavy atom. The first-order valence-corrected chi connectivity index (χ1v) is 6.75. The molecule has 0 atom stereocenters. The molecule has 4 nitrogen and oxygen atoms in total. The van der Waals surface area contributed by atoms with E-state index in [0.717, 1.165) is 32.7 Å². The van der Waals surface area contributed by atoms with Gasteiger partial charge in [-0.2, -0.15) is 0 Å². The Kier molecular flexibility index (Phi) is 5.92. The SMILES string of the molecule is CCN(C)C(=O)CN1CCCN(C(C)C)CC1. The van der Waals surface area contributed by atoms with Crippen LogP contribution in [0.5, 0.6) is 0 Å². The van der Waals surface area contributed by atoms with Gasteiger partial charge in [-0.05, 0) is 40.3 Å². The van der Waals surface area contributed by atoms with Gasteiger partial charge in [0, 0.05) is 32.7 Å². The molecular formula is C13H27N3O. The fourth-order valence-corrected chi connectivity index (χ4v) is 2.15. The van der Waals surface area contributed by atoms with Crippen LogP contribution in [0.1, 0.15) is 27.2 Å². The van der Waals surface area contributed by atoms with Gasteiger partial charge in [0.15, 0.2) is 0 Å². The minimum absolute atomic E-state index is 0.241. The van der Waals surface area contributed by atoms with Crippen molar-refractivity contribution >= 4 is 5.91 Å². The molecule has 0 saturated carbocycles. The Bertz CT molecular complexity index is 243. The van der Waals surface area contributed by atoms with Gasteiger partial charge < -0.3 is 4.90 Å². The summed E-state index contributed by atoms with van der Waals surface area (Å²) in [6.07, 6.45) is 1.17. The van der Waals surface area contributed by atoms with Crippen LogP contribution in [-0.4, -0.2) is 73.0 Å². The van der Waals surface area contributed by atoms with Crippen LogP contribution in [0, 0.1) is 0 Å². The molecule has 1 heterocycles. The summed E-state index contributed by atoms with van der Waals surface area (Å²) in [4.78, 5) is 18.4. The summed E-state index contributed by atoms with van der Waals surface area (Å²) >= 11 is 0. The lowest BCUT2D eigenvalue weighted by molar-refractivity contribution is -0.130. The van der Waals surface area contributed by atoms with E-state index in [0.29, 0.717) is 12.6 Å². The van der Waals surface area contributed by atoms with Gasteiger partial charge in [0.2, 0.25) is 5.91 Å². The van der Waals surface area contributed by atoms with E-state index in [1.165, 1.54) is 6.42 Å². The summed E-state index contributed by atoms with van der Waals surface area (Å²) in [7, 11) is 1.88. The Labute approximate surface area is 106 Å². The van der Waals surface area contributed by atoms with E-state index < -0.39 is 0 Å². The van der Waals surface area contributed by atoms with Crippen molar-refractivity contribution in [2.75, 3.05) is 46.3 Å². The smallest absolute Gasteiger partial charge is 0.236 e. The fourth-order valence-electron chi connectivity index (χ4n) is 2.15. The van der Waals surface area contributed by atoms with Crippen molar-refractivity contribution < 1.29 is 4.79 Å². The van der Waals surface area contributed by atoms with Crippen LogP contribution in [0.4, 0.5) is 0 Å². The van der Waals surface area contributed by atoms with Crippen molar-refractivity contribution in [3.63, 3.8) is 0 Å². The number of rotatable bonds is 4. The third-order valence-electron chi connectivity index (χ3n) is 3.61. The first-order chi connectivity index (χ1) is 8.04. The molecule has 1 saturated heterocycles. The van der Waals surface area contributed by atoms with E-state index in [4.69, 9.17) is 0 Å². The second-order valence-corrected chi connectivity index (χ2v) is 5.17. The number of amides is 1. The minimum Gasteiger partial charge on any atom is -0.345 e. The molecule has 0 unspecified atom stereocenters. The zero-order valence-electron chi connectivity index (χ0n) is 11.8. The Balaban J connectivity index is 2.39. The highest BCUT2D eigenvalue weighted by Gasteiger charge is 2.19. The number of carbonyl (C=O) groups excluding carboxylic acids is 1. The van der Waals surface area contributed by atoms with E-state index >= 15 is 0 Å². The molecule has 0 aromatic heterocycles. The van der Waals surface area contributed by atoms with Crippen molar-refractivity contribution in [1.29, 1.82) is 0 Å². The molecule has 100 valence electrons. The molecule has 0 bridgehead atoms.